The fraction of sp³-hybridized carbons (Fsp3) is 0.429. The van der Waals surface area contributed by atoms with Gasteiger partial charge in [0.25, 0.3) is 0 Å². The largest absolute Gasteiger partial charge is 0.480 e. The molecule has 5 heteroatoms. The zero-order valence-corrected chi connectivity index (χ0v) is 6.74. The maximum Gasteiger partial charge on any atom is 0.320 e. The SMILES string of the molecule is Cc1[nH]cnc1C[C@H](N)C(=O)O. The predicted molar refractivity (Wildman–Crippen MR) is 42.6 cm³/mol. The molecule has 1 aromatic rings. The number of H-pyrrole nitrogens is 1. The van der Waals surface area contributed by atoms with Gasteiger partial charge in [0.2, 0.25) is 0 Å². The number of nitrogens with zero attached hydrogens (tertiary/aromatic N) is 1. The summed E-state index contributed by atoms with van der Waals surface area (Å²) in [7, 11) is 0. The third-order valence-corrected chi connectivity index (χ3v) is 1.66. The molecule has 1 heterocycles. The summed E-state index contributed by atoms with van der Waals surface area (Å²) in [6.45, 7) is 1.83. The number of carboxylic acid groups (broad SMARTS) is 1. The molecule has 4 N–H and O–H groups in total. The van der Waals surface area contributed by atoms with E-state index in [9.17, 15) is 4.79 Å². The molecule has 0 aliphatic rings. The molecule has 1 rings (SSSR count). The van der Waals surface area contributed by atoms with Gasteiger partial charge in [-0.3, -0.25) is 4.79 Å². The predicted octanol–water partition coefficient (Wildman–Crippen LogP) is -0.327. The van der Waals surface area contributed by atoms with Crippen LogP contribution in [0.3, 0.4) is 0 Å². The molecule has 12 heavy (non-hydrogen) atoms. The standard InChI is InChI=1S/C7H11N3O2/c1-4-6(10-3-9-4)2-5(8)7(11)12/h3,5H,2,8H2,1H3,(H,9,10)(H,11,12)/t5-/m0/s1. The first-order chi connectivity index (χ1) is 5.61. The number of aliphatic carboxylic acids is 1. The Morgan fingerprint density at radius 2 is 2.58 bits per heavy atom. The first-order valence-electron chi connectivity index (χ1n) is 3.58. The third-order valence-electron chi connectivity index (χ3n) is 1.66. The molecule has 0 radical (unpaired) electrons. The van der Waals surface area contributed by atoms with E-state index < -0.39 is 12.0 Å². The molecule has 0 unspecified atom stereocenters. The third kappa shape index (κ3) is 1.82. The van der Waals surface area contributed by atoms with Gasteiger partial charge in [-0.15, -0.1) is 0 Å². The number of aryl methyl sites for hydroxylation is 1. The lowest BCUT2D eigenvalue weighted by atomic mass is 10.1. The highest BCUT2D eigenvalue weighted by Gasteiger charge is 2.14. The Morgan fingerprint density at radius 1 is 1.92 bits per heavy atom. The van der Waals surface area contributed by atoms with Gasteiger partial charge in [0.1, 0.15) is 6.04 Å². The van der Waals surface area contributed by atoms with Crippen LogP contribution in [0.25, 0.3) is 0 Å². The Morgan fingerprint density at radius 3 is 3.00 bits per heavy atom. The molecule has 0 saturated carbocycles. The van der Waals surface area contributed by atoms with Gasteiger partial charge in [-0.05, 0) is 6.92 Å². The van der Waals surface area contributed by atoms with Crippen LogP contribution in [0.4, 0.5) is 0 Å². The van der Waals surface area contributed by atoms with Gasteiger partial charge in [-0.25, -0.2) is 4.98 Å². The number of carboxylic acids is 1. The first kappa shape index (κ1) is 8.73. The molecule has 5 nitrogen and oxygen atoms in total. The lowest BCUT2D eigenvalue weighted by molar-refractivity contribution is -0.138. The van der Waals surface area contributed by atoms with E-state index in [0.717, 1.165) is 5.69 Å². The van der Waals surface area contributed by atoms with Crippen molar-refractivity contribution in [2.24, 2.45) is 5.73 Å². The summed E-state index contributed by atoms with van der Waals surface area (Å²) < 4.78 is 0. The first-order valence-corrected chi connectivity index (χ1v) is 3.58. The van der Waals surface area contributed by atoms with Gasteiger partial charge in [-0.1, -0.05) is 0 Å². The molecule has 1 atom stereocenters. The fourth-order valence-electron chi connectivity index (χ4n) is 0.889. The van der Waals surface area contributed by atoms with Crippen molar-refractivity contribution in [3.8, 4) is 0 Å². The van der Waals surface area contributed by atoms with Gasteiger partial charge in [0.15, 0.2) is 0 Å². The number of aromatic amines is 1. The average molecular weight is 169 g/mol. The van der Waals surface area contributed by atoms with Crippen molar-refractivity contribution in [2.75, 3.05) is 0 Å². The van der Waals surface area contributed by atoms with E-state index in [4.69, 9.17) is 10.8 Å². The van der Waals surface area contributed by atoms with Crippen LogP contribution in [0.15, 0.2) is 6.33 Å². The number of carbonyl (C=O) groups is 1. The molecule has 0 amide bonds. The van der Waals surface area contributed by atoms with Crippen LogP contribution in [0.5, 0.6) is 0 Å². The monoisotopic (exact) mass is 169 g/mol. The van der Waals surface area contributed by atoms with Crippen LogP contribution in [0.2, 0.25) is 0 Å². The molecule has 0 bridgehead atoms. The van der Waals surface area contributed by atoms with E-state index in [2.05, 4.69) is 9.97 Å². The quantitative estimate of drug-likeness (QED) is 0.577. The summed E-state index contributed by atoms with van der Waals surface area (Å²) in [4.78, 5) is 17.2. The van der Waals surface area contributed by atoms with Gasteiger partial charge in [-0.2, -0.15) is 0 Å². The summed E-state index contributed by atoms with van der Waals surface area (Å²) in [5, 5.41) is 8.51. The Labute approximate surface area is 69.6 Å². The van der Waals surface area contributed by atoms with Gasteiger partial charge < -0.3 is 15.8 Å². The van der Waals surface area contributed by atoms with Crippen LogP contribution in [-0.2, 0) is 11.2 Å². The van der Waals surface area contributed by atoms with E-state index >= 15 is 0 Å². The van der Waals surface area contributed by atoms with Crippen molar-refractivity contribution in [3.05, 3.63) is 17.7 Å². The topological polar surface area (TPSA) is 92.0 Å². The van der Waals surface area contributed by atoms with Crippen molar-refractivity contribution in [1.29, 1.82) is 0 Å². The lowest BCUT2D eigenvalue weighted by Gasteiger charge is -2.03. The van der Waals surface area contributed by atoms with Gasteiger partial charge in [0, 0.05) is 12.1 Å². The van der Waals surface area contributed by atoms with Crippen LogP contribution in [0, 0.1) is 6.92 Å². The second kappa shape index (κ2) is 3.36. The minimum Gasteiger partial charge on any atom is -0.480 e. The molecule has 0 saturated heterocycles. The smallest absolute Gasteiger partial charge is 0.320 e. The molecule has 0 fully saturated rings. The van der Waals surface area contributed by atoms with E-state index in [1.54, 1.807) is 0 Å². The van der Waals surface area contributed by atoms with Crippen molar-refractivity contribution >= 4 is 5.97 Å². The normalized spacial score (nSPS) is 12.8. The minimum absolute atomic E-state index is 0.269. The molecular formula is C7H11N3O2. The zero-order valence-electron chi connectivity index (χ0n) is 6.74. The molecule has 0 aromatic carbocycles. The zero-order chi connectivity index (χ0) is 9.14. The maximum absolute atomic E-state index is 10.4. The second-order valence-electron chi connectivity index (χ2n) is 2.62. The average Bonchev–Trinajstić information content (AvgIpc) is 2.36. The van der Waals surface area contributed by atoms with Crippen molar-refractivity contribution in [3.63, 3.8) is 0 Å². The molecule has 66 valence electrons. The Balaban J connectivity index is 2.64. The number of rotatable bonds is 3. The van der Waals surface area contributed by atoms with Crippen molar-refractivity contribution < 1.29 is 9.90 Å². The number of hydrogen-bond donors (Lipinski definition) is 3. The fourth-order valence-corrected chi connectivity index (χ4v) is 0.889. The molecule has 0 aliphatic carbocycles. The van der Waals surface area contributed by atoms with Crippen molar-refractivity contribution in [2.45, 2.75) is 19.4 Å². The summed E-state index contributed by atoms with van der Waals surface area (Å²) >= 11 is 0. The van der Waals surface area contributed by atoms with Gasteiger partial charge in [0.05, 0.1) is 12.0 Å². The molecule has 0 spiro atoms. The number of imidazole rings is 1. The van der Waals surface area contributed by atoms with Crippen LogP contribution in [-0.4, -0.2) is 27.1 Å². The Kier molecular flexibility index (Phi) is 2.44. The summed E-state index contributed by atoms with van der Waals surface area (Å²) in [6.07, 6.45) is 1.80. The maximum atomic E-state index is 10.4. The van der Waals surface area contributed by atoms with E-state index in [-0.39, 0.29) is 6.42 Å². The molecular weight excluding hydrogens is 158 g/mol. The van der Waals surface area contributed by atoms with E-state index in [1.807, 2.05) is 6.92 Å². The number of aromatic nitrogens is 2. The highest BCUT2D eigenvalue weighted by Crippen LogP contribution is 2.02. The molecule has 1 aromatic heterocycles. The second-order valence-corrected chi connectivity index (χ2v) is 2.62. The van der Waals surface area contributed by atoms with E-state index in [1.165, 1.54) is 6.33 Å². The molecule has 0 aliphatic heterocycles. The van der Waals surface area contributed by atoms with Crippen molar-refractivity contribution in [1.82, 2.24) is 9.97 Å². The number of nitrogens with two attached hydrogens (primary N) is 1. The van der Waals surface area contributed by atoms with Gasteiger partial charge >= 0.3 is 5.97 Å². The van der Waals surface area contributed by atoms with E-state index in [0.29, 0.717) is 5.69 Å². The van der Waals surface area contributed by atoms with Crippen LogP contribution in [0.1, 0.15) is 11.4 Å². The number of nitrogens with one attached hydrogen (secondary N) is 1. The summed E-state index contributed by atoms with van der Waals surface area (Å²) in [5.74, 6) is -1.00. The van der Waals surface area contributed by atoms with Crippen LogP contribution >= 0.6 is 0 Å². The van der Waals surface area contributed by atoms with Crippen LogP contribution < -0.4 is 5.73 Å². The summed E-state index contributed by atoms with van der Waals surface area (Å²) in [6, 6.07) is -0.869. The Bertz CT molecular complexity index is 282. The summed E-state index contributed by atoms with van der Waals surface area (Å²) in [5.41, 5.74) is 6.90. The highest BCUT2D eigenvalue weighted by molar-refractivity contribution is 5.73. The highest BCUT2D eigenvalue weighted by atomic mass is 16.4. The number of hydrogen-bond acceptors (Lipinski definition) is 3. The lowest BCUT2D eigenvalue weighted by Crippen LogP contribution is -2.32. The Hall–Kier alpha value is -1.36. The minimum atomic E-state index is -1.00.